The molecule has 0 saturated carbocycles. The van der Waals surface area contributed by atoms with Crippen molar-refractivity contribution >= 4 is 55.2 Å². The number of benzene rings is 3. The van der Waals surface area contributed by atoms with Crippen LogP contribution in [-0.4, -0.2) is 9.97 Å². The summed E-state index contributed by atoms with van der Waals surface area (Å²) in [4.78, 5) is 6.86. The van der Waals surface area contributed by atoms with Gasteiger partial charge in [0, 0.05) is 32.6 Å². The van der Waals surface area contributed by atoms with Crippen LogP contribution in [-0.2, 0) is 0 Å². The fraction of sp³-hybridized carbons (Fsp3) is 0. The van der Waals surface area contributed by atoms with Crippen LogP contribution in [0, 0.1) is 0 Å². The predicted molar refractivity (Wildman–Crippen MR) is 90.2 cm³/mol. The minimum atomic E-state index is 0.759. The lowest BCUT2D eigenvalue weighted by molar-refractivity contribution is 1.52. The molecule has 2 aromatic heterocycles. The molecule has 3 heteroatoms. The standard InChI is InChI=1S/C18H11ClN2/c19-16-17-12(10-5-1-3-7-14(10)20-17)9-13-11-6-2-4-8-15(11)21-18(13)16/h1-9,20-21H. The van der Waals surface area contributed by atoms with Gasteiger partial charge in [-0.2, -0.15) is 0 Å². The maximum atomic E-state index is 6.65. The van der Waals surface area contributed by atoms with Crippen LogP contribution in [0.2, 0.25) is 5.02 Å². The second-order valence-corrected chi connectivity index (χ2v) is 5.75. The van der Waals surface area contributed by atoms with E-state index in [1.165, 1.54) is 21.5 Å². The minimum Gasteiger partial charge on any atom is -0.353 e. The third-order valence-electron chi connectivity index (χ3n) is 4.22. The lowest BCUT2D eigenvalue weighted by Crippen LogP contribution is -1.75. The highest BCUT2D eigenvalue weighted by Crippen LogP contribution is 2.38. The van der Waals surface area contributed by atoms with Gasteiger partial charge < -0.3 is 9.97 Å². The highest BCUT2D eigenvalue weighted by Gasteiger charge is 2.14. The summed E-state index contributed by atoms with van der Waals surface area (Å²) in [6, 6.07) is 18.8. The number of aromatic nitrogens is 2. The predicted octanol–water partition coefficient (Wildman–Crippen LogP) is 5.61. The molecule has 21 heavy (non-hydrogen) atoms. The molecule has 100 valence electrons. The number of halogens is 1. The summed E-state index contributed by atoms with van der Waals surface area (Å²) in [5, 5.41) is 5.53. The van der Waals surface area contributed by atoms with E-state index in [2.05, 4.69) is 52.4 Å². The Morgan fingerprint density at radius 1 is 0.619 bits per heavy atom. The molecule has 5 aromatic rings. The SMILES string of the molecule is Clc1c2[nH]c3ccccc3c2cc2c1[nH]c1ccccc12. The van der Waals surface area contributed by atoms with Gasteiger partial charge in [0.1, 0.15) is 0 Å². The largest absolute Gasteiger partial charge is 0.353 e. The Kier molecular flexibility index (Phi) is 2.04. The Balaban J connectivity index is 2.11. The molecule has 2 nitrogen and oxygen atoms in total. The van der Waals surface area contributed by atoms with Gasteiger partial charge in [0.25, 0.3) is 0 Å². The first kappa shape index (κ1) is 11.2. The van der Waals surface area contributed by atoms with Gasteiger partial charge in [-0.25, -0.2) is 0 Å². The molecule has 0 atom stereocenters. The molecule has 2 heterocycles. The molecular weight excluding hydrogens is 280 g/mol. The van der Waals surface area contributed by atoms with E-state index in [9.17, 15) is 0 Å². The highest BCUT2D eigenvalue weighted by atomic mass is 35.5. The van der Waals surface area contributed by atoms with Crippen molar-refractivity contribution < 1.29 is 0 Å². The number of fused-ring (bicyclic) bond motifs is 6. The first-order valence-electron chi connectivity index (χ1n) is 6.92. The number of aromatic amines is 2. The van der Waals surface area contributed by atoms with Crippen LogP contribution >= 0.6 is 11.6 Å². The molecule has 5 rings (SSSR count). The zero-order valence-electron chi connectivity index (χ0n) is 11.1. The lowest BCUT2D eigenvalue weighted by atomic mass is 10.1. The van der Waals surface area contributed by atoms with E-state index >= 15 is 0 Å². The molecule has 0 fully saturated rings. The normalized spacial score (nSPS) is 12.0. The van der Waals surface area contributed by atoms with Gasteiger partial charge in [0.05, 0.1) is 16.1 Å². The number of rotatable bonds is 0. The number of hydrogen-bond donors (Lipinski definition) is 2. The fourth-order valence-electron chi connectivity index (χ4n) is 3.24. The molecule has 0 spiro atoms. The van der Waals surface area contributed by atoms with Gasteiger partial charge in [0.2, 0.25) is 0 Å². The maximum Gasteiger partial charge on any atom is 0.0888 e. The van der Waals surface area contributed by atoms with E-state index in [-0.39, 0.29) is 0 Å². The summed E-state index contributed by atoms with van der Waals surface area (Å²) in [6.07, 6.45) is 0. The molecule has 0 saturated heterocycles. The minimum absolute atomic E-state index is 0.759. The first-order chi connectivity index (χ1) is 10.3. The summed E-state index contributed by atoms with van der Waals surface area (Å²) in [5.74, 6) is 0. The van der Waals surface area contributed by atoms with Crippen LogP contribution in [0.4, 0.5) is 0 Å². The lowest BCUT2D eigenvalue weighted by Gasteiger charge is -1.98. The Bertz CT molecular complexity index is 1060. The van der Waals surface area contributed by atoms with Gasteiger partial charge in [-0.15, -0.1) is 0 Å². The van der Waals surface area contributed by atoms with Crippen molar-refractivity contribution in [2.75, 3.05) is 0 Å². The van der Waals surface area contributed by atoms with Crippen molar-refractivity contribution in [3.8, 4) is 0 Å². The average Bonchev–Trinajstić information content (AvgIpc) is 3.07. The molecule has 3 aromatic carbocycles. The van der Waals surface area contributed by atoms with E-state index < -0.39 is 0 Å². The molecular formula is C18H11ClN2. The number of H-pyrrole nitrogens is 2. The van der Waals surface area contributed by atoms with Crippen molar-refractivity contribution in [3.63, 3.8) is 0 Å². The van der Waals surface area contributed by atoms with E-state index in [1.807, 2.05) is 12.1 Å². The highest BCUT2D eigenvalue weighted by molar-refractivity contribution is 6.42. The summed E-state index contributed by atoms with van der Waals surface area (Å²) >= 11 is 6.65. The van der Waals surface area contributed by atoms with Crippen LogP contribution in [0.1, 0.15) is 0 Å². The summed E-state index contributed by atoms with van der Waals surface area (Å²) < 4.78 is 0. The maximum absolute atomic E-state index is 6.65. The van der Waals surface area contributed by atoms with Gasteiger partial charge in [0.15, 0.2) is 0 Å². The molecule has 0 amide bonds. The summed E-state index contributed by atoms with van der Waals surface area (Å²) in [6.45, 7) is 0. The zero-order valence-corrected chi connectivity index (χ0v) is 11.8. The van der Waals surface area contributed by atoms with Crippen LogP contribution in [0.25, 0.3) is 43.6 Å². The van der Waals surface area contributed by atoms with E-state index in [1.54, 1.807) is 0 Å². The zero-order chi connectivity index (χ0) is 14.0. The molecule has 2 N–H and O–H groups in total. The number of hydrogen-bond acceptors (Lipinski definition) is 0. The number of nitrogens with one attached hydrogen (secondary N) is 2. The van der Waals surface area contributed by atoms with Gasteiger partial charge in [-0.05, 0) is 18.2 Å². The van der Waals surface area contributed by atoms with Crippen molar-refractivity contribution in [3.05, 3.63) is 59.6 Å². The third kappa shape index (κ3) is 1.38. The number of para-hydroxylation sites is 2. The van der Waals surface area contributed by atoms with Gasteiger partial charge in [-0.1, -0.05) is 48.0 Å². The molecule has 0 aliphatic rings. The topological polar surface area (TPSA) is 31.6 Å². The van der Waals surface area contributed by atoms with Crippen molar-refractivity contribution in [2.45, 2.75) is 0 Å². The Labute approximate surface area is 125 Å². The average molecular weight is 291 g/mol. The molecule has 0 radical (unpaired) electrons. The summed E-state index contributed by atoms with van der Waals surface area (Å²) in [7, 11) is 0. The van der Waals surface area contributed by atoms with E-state index in [0.29, 0.717) is 0 Å². The fourth-order valence-corrected chi connectivity index (χ4v) is 3.54. The van der Waals surface area contributed by atoms with Crippen LogP contribution in [0.5, 0.6) is 0 Å². The van der Waals surface area contributed by atoms with Crippen LogP contribution < -0.4 is 0 Å². The first-order valence-corrected chi connectivity index (χ1v) is 7.30. The Morgan fingerprint density at radius 2 is 1.10 bits per heavy atom. The second-order valence-electron chi connectivity index (χ2n) is 5.38. The second kappa shape index (κ2) is 3.80. The molecule has 0 aliphatic carbocycles. The molecule has 0 unspecified atom stereocenters. The molecule has 0 aliphatic heterocycles. The van der Waals surface area contributed by atoms with Crippen LogP contribution in [0.3, 0.4) is 0 Å². The quantitative estimate of drug-likeness (QED) is 0.371. The van der Waals surface area contributed by atoms with E-state index in [4.69, 9.17) is 11.6 Å². The summed E-state index contributed by atoms with van der Waals surface area (Å²) in [5.41, 5.74) is 4.23. The van der Waals surface area contributed by atoms with Gasteiger partial charge >= 0.3 is 0 Å². The Morgan fingerprint density at radius 3 is 1.62 bits per heavy atom. The van der Waals surface area contributed by atoms with Crippen molar-refractivity contribution in [1.82, 2.24) is 9.97 Å². The Hall–Kier alpha value is -2.45. The smallest absolute Gasteiger partial charge is 0.0888 e. The monoisotopic (exact) mass is 290 g/mol. The third-order valence-corrected chi connectivity index (χ3v) is 4.60. The van der Waals surface area contributed by atoms with Crippen molar-refractivity contribution in [2.24, 2.45) is 0 Å². The van der Waals surface area contributed by atoms with Crippen molar-refractivity contribution in [1.29, 1.82) is 0 Å². The molecule has 0 bridgehead atoms. The van der Waals surface area contributed by atoms with Gasteiger partial charge in [-0.3, -0.25) is 0 Å². The van der Waals surface area contributed by atoms with E-state index in [0.717, 1.165) is 27.1 Å². The van der Waals surface area contributed by atoms with Crippen LogP contribution in [0.15, 0.2) is 54.6 Å².